The van der Waals surface area contributed by atoms with E-state index >= 15 is 0 Å². The molecule has 0 fully saturated rings. The number of aromatic nitrogens is 1. The molecule has 2 aromatic carbocycles. The van der Waals surface area contributed by atoms with Crippen molar-refractivity contribution >= 4 is 32.3 Å². The number of pyridine rings is 1. The number of hydrogen-bond donors (Lipinski definition) is 0. The highest BCUT2D eigenvalue weighted by Crippen LogP contribution is 2.32. The summed E-state index contributed by atoms with van der Waals surface area (Å²) in [6.07, 6.45) is 1.21. The monoisotopic (exact) mass is 335 g/mol. The van der Waals surface area contributed by atoms with Crippen molar-refractivity contribution in [1.82, 2.24) is 4.98 Å². The van der Waals surface area contributed by atoms with Gasteiger partial charge in [0.2, 0.25) is 9.84 Å². The highest BCUT2D eigenvalue weighted by Gasteiger charge is 2.23. The summed E-state index contributed by atoms with van der Waals surface area (Å²) >= 11 is 6.27. The molecule has 0 aliphatic rings. The average molecular weight is 336 g/mol. The summed E-state index contributed by atoms with van der Waals surface area (Å²) in [5.41, 5.74) is 1.55. The number of halogens is 2. The van der Waals surface area contributed by atoms with Crippen LogP contribution < -0.4 is 0 Å². The van der Waals surface area contributed by atoms with Gasteiger partial charge in [-0.1, -0.05) is 29.3 Å². The van der Waals surface area contributed by atoms with E-state index in [4.69, 9.17) is 11.6 Å². The van der Waals surface area contributed by atoms with E-state index < -0.39 is 15.7 Å². The lowest BCUT2D eigenvalue weighted by Crippen LogP contribution is -2.04. The molecule has 0 amide bonds. The largest absolute Gasteiger partial charge is 0.255 e. The lowest BCUT2D eigenvalue weighted by molar-refractivity contribution is 0.590. The number of rotatable bonds is 2. The Morgan fingerprint density at radius 1 is 1.14 bits per heavy atom. The Kier molecular flexibility index (Phi) is 3.62. The molecule has 1 heterocycles. The summed E-state index contributed by atoms with van der Waals surface area (Å²) in [6, 6.07) is 10.2. The van der Waals surface area contributed by atoms with Gasteiger partial charge < -0.3 is 0 Å². The van der Waals surface area contributed by atoms with Crippen molar-refractivity contribution in [2.24, 2.45) is 0 Å². The minimum Gasteiger partial charge on any atom is -0.255 e. The summed E-state index contributed by atoms with van der Waals surface area (Å²) in [5, 5.41) is 0.650. The van der Waals surface area contributed by atoms with Gasteiger partial charge in [-0.3, -0.25) is 4.98 Å². The van der Waals surface area contributed by atoms with Gasteiger partial charge in [-0.05, 0) is 37.3 Å². The fraction of sp³-hybridized carbons (Fsp3) is 0.0625. The molecule has 112 valence electrons. The smallest absolute Gasteiger partial charge is 0.209 e. The van der Waals surface area contributed by atoms with Gasteiger partial charge in [0.1, 0.15) is 10.7 Å². The zero-order valence-electron chi connectivity index (χ0n) is 11.5. The van der Waals surface area contributed by atoms with Crippen molar-refractivity contribution in [1.29, 1.82) is 0 Å². The predicted molar refractivity (Wildman–Crippen MR) is 83.3 cm³/mol. The van der Waals surface area contributed by atoms with Crippen molar-refractivity contribution in [3.63, 3.8) is 0 Å². The third kappa shape index (κ3) is 2.46. The van der Waals surface area contributed by atoms with E-state index in [1.54, 1.807) is 12.1 Å². The van der Waals surface area contributed by atoms with Crippen LogP contribution in [0.5, 0.6) is 0 Å². The normalized spacial score (nSPS) is 11.8. The minimum atomic E-state index is -3.93. The molecule has 0 saturated heterocycles. The van der Waals surface area contributed by atoms with Crippen molar-refractivity contribution in [2.45, 2.75) is 16.7 Å². The van der Waals surface area contributed by atoms with E-state index in [0.717, 1.165) is 11.6 Å². The van der Waals surface area contributed by atoms with E-state index in [0.29, 0.717) is 10.9 Å². The molecule has 3 nitrogen and oxygen atoms in total. The summed E-state index contributed by atoms with van der Waals surface area (Å²) < 4.78 is 38.6. The average Bonchev–Trinajstić information content (AvgIpc) is 2.48. The third-order valence-electron chi connectivity index (χ3n) is 3.32. The molecular weight excluding hydrogens is 325 g/mol. The standard InChI is InChI=1S/C16H11ClFNO2S/c1-10-5-6-14-13(7-10)16(17)15(9-19-14)22(20,21)12-4-2-3-11(18)8-12/h2-9H,1H3. The molecule has 3 rings (SSSR count). The van der Waals surface area contributed by atoms with Crippen LogP contribution in [-0.2, 0) is 9.84 Å². The molecule has 0 bridgehead atoms. The summed E-state index contributed by atoms with van der Waals surface area (Å²) in [7, 11) is -3.93. The van der Waals surface area contributed by atoms with Crippen molar-refractivity contribution < 1.29 is 12.8 Å². The molecule has 3 aromatic rings. The number of sulfone groups is 1. The summed E-state index contributed by atoms with van der Waals surface area (Å²) in [6.45, 7) is 1.88. The summed E-state index contributed by atoms with van der Waals surface area (Å²) in [5.74, 6) is -0.623. The van der Waals surface area contributed by atoms with Crippen molar-refractivity contribution in [3.05, 3.63) is 65.1 Å². The van der Waals surface area contributed by atoms with Crippen LogP contribution in [0.1, 0.15) is 5.56 Å². The lowest BCUT2D eigenvalue weighted by atomic mass is 10.1. The minimum absolute atomic E-state index is 0.0953. The molecule has 0 atom stereocenters. The second kappa shape index (κ2) is 5.34. The molecule has 1 aromatic heterocycles. The quantitative estimate of drug-likeness (QED) is 0.706. The molecule has 0 aliphatic heterocycles. The molecule has 0 spiro atoms. The van der Waals surface area contributed by atoms with Gasteiger partial charge in [-0.2, -0.15) is 0 Å². The SMILES string of the molecule is Cc1ccc2ncc(S(=O)(=O)c3cccc(F)c3)c(Cl)c2c1. The predicted octanol–water partition coefficient (Wildman–Crippen LogP) is 4.17. The fourth-order valence-electron chi connectivity index (χ4n) is 2.20. The van der Waals surface area contributed by atoms with E-state index in [-0.39, 0.29) is 14.8 Å². The number of aryl methyl sites for hydroxylation is 1. The maximum absolute atomic E-state index is 13.3. The fourth-order valence-corrected chi connectivity index (χ4v) is 4.03. The molecule has 0 radical (unpaired) electrons. The van der Waals surface area contributed by atoms with Crippen LogP contribution in [-0.4, -0.2) is 13.4 Å². The van der Waals surface area contributed by atoms with Crippen LogP contribution in [0.3, 0.4) is 0 Å². The Balaban J connectivity index is 2.28. The molecule has 0 unspecified atom stereocenters. The van der Waals surface area contributed by atoms with Gasteiger partial charge in [0.25, 0.3) is 0 Å². The second-order valence-corrected chi connectivity index (χ2v) is 7.21. The van der Waals surface area contributed by atoms with Crippen LogP contribution in [0.4, 0.5) is 4.39 Å². The maximum atomic E-state index is 13.3. The first-order valence-corrected chi connectivity index (χ1v) is 8.31. The first-order chi connectivity index (χ1) is 10.4. The molecule has 22 heavy (non-hydrogen) atoms. The Labute approximate surface area is 132 Å². The number of fused-ring (bicyclic) bond motifs is 1. The Morgan fingerprint density at radius 2 is 1.91 bits per heavy atom. The first kappa shape index (κ1) is 14.9. The molecule has 0 aliphatic carbocycles. The number of benzene rings is 2. The molecular formula is C16H11ClFNO2S. The van der Waals surface area contributed by atoms with Gasteiger partial charge in [0.05, 0.1) is 15.4 Å². The van der Waals surface area contributed by atoms with Gasteiger partial charge in [0, 0.05) is 11.6 Å². The Hall–Kier alpha value is -1.98. The first-order valence-electron chi connectivity index (χ1n) is 6.45. The maximum Gasteiger partial charge on any atom is 0.209 e. The zero-order chi connectivity index (χ0) is 15.9. The van der Waals surface area contributed by atoms with Crippen molar-refractivity contribution in [3.8, 4) is 0 Å². The molecule has 6 heteroatoms. The molecule has 0 N–H and O–H groups in total. The van der Waals surface area contributed by atoms with Gasteiger partial charge >= 0.3 is 0 Å². The molecule has 0 saturated carbocycles. The third-order valence-corrected chi connectivity index (χ3v) is 5.60. The number of hydrogen-bond acceptors (Lipinski definition) is 3. The van der Waals surface area contributed by atoms with Crippen LogP contribution in [0.2, 0.25) is 5.02 Å². The van der Waals surface area contributed by atoms with Crippen LogP contribution in [0.25, 0.3) is 10.9 Å². The van der Waals surface area contributed by atoms with Crippen molar-refractivity contribution in [2.75, 3.05) is 0 Å². The Morgan fingerprint density at radius 3 is 2.64 bits per heavy atom. The van der Waals surface area contributed by atoms with Gasteiger partial charge in [-0.25, -0.2) is 12.8 Å². The Bertz CT molecular complexity index is 987. The lowest BCUT2D eigenvalue weighted by Gasteiger charge is -2.09. The van der Waals surface area contributed by atoms with E-state index in [2.05, 4.69) is 4.98 Å². The van der Waals surface area contributed by atoms with Crippen LogP contribution in [0.15, 0.2) is 58.5 Å². The highest BCUT2D eigenvalue weighted by atomic mass is 35.5. The highest BCUT2D eigenvalue weighted by molar-refractivity contribution is 7.91. The number of nitrogens with zero attached hydrogens (tertiary/aromatic N) is 1. The summed E-state index contributed by atoms with van der Waals surface area (Å²) in [4.78, 5) is 3.86. The topological polar surface area (TPSA) is 47.0 Å². The van der Waals surface area contributed by atoms with E-state index in [1.165, 1.54) is 24.4 Å². The zero-order valence-corrected chi connectivity index (χ0v) is 13.1. The van der Waals surface area contributed by atoms with E-state index in [1.807, 2.05) is 13.0 Å². The van der Waals surface area contributed by atoms with E-state index in [9.17, 15) is 12.8 Å². The van der Waals surface area contributed by atoms with Gasteiger partial charge in [-0.15, -0.1) is 0 Å². The van der Waals surface area contributed by atoms with Crippen LogP contribution in [0, 0.1) is 12.7 Å². The van der Waals surface area contributed by atoms with Gasteiger partial charge in [0.15, 0.2) is 0 Å². The second-order valence-electron chi connectivity index (χ2n) is 4.92. The van der Waals surface area contributed by atoms with Crippen LogP contribution >= 0.6 is 11.6 Å².